The highest BCUT2D eigenvalue weighted by Gasteiger charge is 2.08. The van der Waals surface area contributed by atoms with E-state index in [0.29, 0.717) is 5.76 Å². The number of hydrogen-bond donors (Lipinski definition) is 0. The molecule has 0 saturated carbocycles. The van der Waals surface area contributed by atoms with Crippen molar-refractivity contribution in [3.8, 4) is 0 Å². The average molecular weight is 152 g/mol. The molecule has 0 unspecified atom stereocenters. The van der Waals surface area contributed by atoms with E-state index in [1.165, 1.54) is 6.92 Å². The monoisotopic (exact) mass is 152 g/mol. The number of furan rings is 1. The molecule has 60 valence electrons. The van der Waals surface area contributed by atoms with Gasteiger partial charge in [-0.15, -0.1) is 0 Å². The molecule has 11 heavy (non-hydrogen) atoms. The van der Waals surface area contributed by atoms with Gasteiger partial charge in [-0.05, 0) is 18.6 Å². The molecular weight excluding hydrogens is 140 g/mol. The van der Waals surface area contributed by atoms with Crippen molar-refractivity contribution in [2.45, 2.75) is 27.2 Å². The molecule has 0 radical (unpaired) electrons. The molecule has 1 aromatic heterocycles. The number of ketones is 1. The lowest BCUT2D eigenvalue weighted by Gasteiger charge is -1.88. The third kappa shape index (κ3) is 1.50. The lowest BCUT2D eigenvalue weighted by atomic mass is 10.2. The van der Waals surface area contributed by atoms with Gasteiger partial charge in [-0.2, -0.15) is 0 Å². The Morgan fingerprint density at radius 2 is 2.27 bits per heavy atom. The molecule has 2 nitrogen and oxygen atoms in total. The van der Waals surface area contributed by atoms with Crippen molar-refractivity contribution in [3.05, 3.63) is 23.2 Å². The van der Waals surface area contributed by atoms with Crippen molar-refractivity contribution in [1.29, 1.82) is 0 Å². The molecule has 0 aromatic carbocycles. The van der Waals surface area contributed by atoms with Crippen LogP contribution in [0, 0.1) is 6.92 Å². The van der Waals surface area contributed by atoms with Gasteiger partial charge in [-0.3, -0.25) is 4.79 Å². The zero-order valence-electron chi connectivity index (χ0n) is 7.10. The van der Waals surface area contributed by atoms with E-state index in [1.807, 2.05) is 13.8 Å². The van der Waals surface area contributed by atoms with Crippen molar-refractivity contribution in [2.75, 3.05) is 0 Å². The first-order valence-electron chi connectivity index (χ1n) is 3.75. The minimum absolute atomic E-state index is 0.00667. The van der Waals surface area contributed by atoms with Crippen molar-refractivity contribution in [3.63, 3.8) is 0 Å². The van der Waals surface area contributed by atoms with E-state index in [9.17, 15) is 4.79 Å². The fourth-order valence-corrected chi connectivity index (χ4v) is 1.04. The van der Waals surface area contributed by atoms with Crippen molar-refractivity contribution in [2.24, 2.45) is 0 Å². The van der Waals surface area contributed by atoms with E-state index in [-0.39, 0.29) is 5.78 Å². The molecule has 2 heteroatoms. The molecule has 1 rings (SSSR count). The summed E-state index contributed by atoms with van der Waals surface area (Å²) in [5.41, 5.74) is 1.07. The second kappa shape index (κ2) is 2.91. The van der Waals surface area contributed by atoms with Crippen LogP contribution < -0.4 is 0 Å². The number of hydrogen-bond acceptors (Lipinski definition) is 2. The minimum atomic E-state index is -0.00667. The maximum absolute atomic E-state index is 10.8. The summed E-state index contributed by atoms with van der Waals surface area (Å²) in [6, 6.07) is 1.79. The third-order valence-corrected chi connectivity index (χ3v) is 1.69. The largest absolute Gasteiger partial charge is 0.458 e. The van der Waals surface area contributed by atoms with E-state index in [1.54, 1.807) is 6.07 Å². The summed E-state index contributed by atoms with van der Waals surface area (Å²) in [7, 11) is 0. The average Bonchev–Trinajstić information content (AvgIpc) is 2.31. The van der Waals surface area contributed by atoms with Crippen molar-refractivity contribution < 1.29 is 9.21 Å². The quantitative estimate of drug-likeness (QED) is 0.609. The Hall–Kier alpha value is -1.05. The topological polar surface area (TPSA) is 30.2 Å². The molecule has 1 aromatic rings. The Morgan fingerprint density at radius 1 is 1.64 bits per heavy atom. The molecule has 0 fully saturated rings. The molecule has 0 aliphatic carbocycles. The second-order valence-electron chi connectivity index (χ2n) is 2.63. The highest BCUT2D eigenvalue weighted by molar-refractivity contribution is 5.91. The molecule has 1 heterocycles. The van der Waals surface area contributed by atoms with Gasteiger partial charge in [0.05, 0.1) is 0 Å². The molecule has 0 atom stereocenters. The Balaban J connectivity index is 3.05. The first-order chi connectivity index (χ1) is 5.15. The predicted molar refractivity (Wildman–Crippen MR) is 42.8 cm³/mol. The molecule has 0 bridgehead atoms. The maximum atomic E-state index is 10.8. The van der Waals surface area contributed by atoms with Gasteiger partial charge < -0.3 is 4.42 Å². The number of rotatable bonds is 2. The summed E-state index contributed by atoms with van der Waals surface area (Å²) in [6.07, 6.45) is 0.846. The summed E-state index contributed by atoms with van der Waals surface area (Å²) in [5, 5.41) is 0. The zero-order valence-corrected chi connectivity index (χ0v) is 7.10. The Labute approximate surface area is 66.2 Å². The molecule has 0 aliphatic rings. The van der Waals surface area contributed by atoms with Gasteiger partial charge in [0.2, 0.25) is 0 Å². The Kier molecular flexibility index (Phi) is 2.13. The molecule has 0 spiro atoms. The van der Waals surface area contributed by atoms with Crippen LogP contribution in [-0.2, 0) is 6.42 Å². The lowest BCUT2D eigenvalue weighted by molar-refractivity contribution is 0.0985. The van der Waals surface area contributed by atoms with E-state index in [2.05, 4.69) is 0 Å². The number of Topliss-reactive ketones (excluding diaryl/α,β-unsaturated/α-hetero) is 1. The SMILES string of the molecule is CCc1oc(C(C)=O)cc1C. The van der Waals surface area contributed by atoms with Crippen molar-refractivity contribution in [1.82, 2.24) is 0 Å². The maximum Gasteiger partial charge on any atom is 0.194 e. The molecule has 0 N–H and O–H groups in total. The Morgan fingerprint density at radius 3 is 2.55 bits per heavy atom. The Bertz CT molecular complexity index is 271. The second-order valence-corrected chi connectivity index (χ2v) is 2.63. The van der Waals surface area contributed by atoms with Gasteiger partial charge in [0.15, 0.2) is 11.5 Å². The molecular formula is C9H12O2. The van der Waals surface area contributed by atoms with Gasteiger partial charge in [0.25, 0.3) is 0 Å². The van der Waals surface area contributed by atoms with E-state index < -0.39 is 0 Å². The van der Waals surface area contributed by atoms with E-state index >= 15 is 0 Å². The summed E-state index contributed by atoms with van der Waals surface area (Å²) in [4.78, 5) is 10.8. The molecule has 0 amide bonds. The van der Waals surface area contributed by atoms with Crippen LogP contribution in [0.1, 0.15) is 35.7 Å². The van der Waals surface area contributed by atoms with Gasteiger partial charge >= 0.3 is 0 Å². The third-order valence-electron chi connectivity index (χ3n) is 1.69. The fraction of sp³-hybridized carbons (Fsp3) is 0.444. The number of aryl methyl sites for hydroxylation is 2. The molecule has 0 aliphatic heterocycles. The summed E-state index contributed by atoms with van der Waals surface area (Å²) in [6.45, 7) is 5.47. The van der Waals surface area contributed by atoms with Crippen LogP contribution in [0.25, 0.3) is 0 Å². The first-order valence-corrected chi connectivity index (χ1v) is 3.75. The normalized spacial score (nSPS) is 10.1. The minimum Gasteiger partial charge on any atom is -0.458 e. The van der Waals surface area contributed by atoms with Gasteiger partial charge in [-0.25, -0.2) is 0 Å². The predicted octanol–water partition coefficient (Wildman–Crippen LogP) is 2.35. The van der Waals surface area contributed by atoms with Gasteiger partial charge in [0.1, 0.15) is 5.76 Å². The van der Waals surface area contributed by atoms with Crippen LogP contribution in [0.4, 0.5) is 0 Å². The summed E-state index contributed by atoms with van der Waals surface area (Å²) < 4.78 is 5.28. The highest BCUT2D eigenvalue weighted by Crippen LogP contribution is 2.14. The number of carbonyl (C=O) groups excluding carboxylic acids is 1. The van der Waals surface area contributed by atoms with E-state index in [4.69, 9.17) is 4.42 Å². The van der Waals surface area contributed by atoms with Crippen LogP contribution in [0.5, 0.6) is 0 Å². The van der Waals surface area contributed by atoms with Crippen LogP contribution in [0.2, 0.25) is 0 Å². The van der Waals surface area contributed by atoms with E-state index in [0.717, 1.165) is 17.7 Å². The summed E-state index contributed by atoms with van der Waals surface area (Å²) in [5.74, 6) is 1.38. The fourth-order valence-electron chi connectivity index (χ4n) is 1.04. The van der Waals surface area contributed by atoms with Gasteiger partial charge in [-0.1, -0.05) is 6.92 Å². The van der Waals surface area contributed by atoms with Crippen LogP contribution in [0.3, 0.4) is 0 Å². The van der Waals surface area contributed by atoms with Crippen LogP contribution >= 0.6 is 0 Å². The van der Waals surface area contributed by atoms with Gasteiger partial charge in [0, 0.05) is 13.3 Å². The van der Waals surface area contributed by atoms with Crippen LogP contribution in [0.15, 0.2) is 10.5 Å². The zero-order chi connectivity index (χ0) is 8.43. The highest BCUT2D eigenvalue weighted by atomic mass is 16.3. The molecule has 0 saturated heterocycles. The first kappa shape index (κ1) is 8.05. The standard InChI is InChI=1S/C9H12O2/c1-4-8-6(2)5-9(11-8)7(3)10/h5H,4H2,1-3H3. The van der Waals surface area contributed by atoms with Crippen LogP contribution in [-0.4, -0.2) is 5.78 Å². The van der Waals surface area contributed by atoms with Crippen molar-refractivity contribution >= 4 is 5.78 Å². The lowest BCUT2D eigenvalue weighted by Crippen LogP contribution is -1.86. The smallest absolute Gasteiger partial charge is 0.194 e. The summed E-state index contributed by atoms with van der Waals surface area (Å²) >= 11 is 0. The number of carbonyl (C=O) groups is 1.